The molecule has 0 aliphatic carbocycles. The Labute approximate surface area is 195 Å². The van der Waals surface area contributed by atoms with Crippen molar-refractivity contribution in [2.75, 3.05) is 37.7 Å². The SMILES string of the molecule is O=C(Cc1ccc(-c2ccnc(Cc3ccc(N4CCOCC4)cc3)n2)cc1)C1CCCN1. The molecule has 2 fully saturated rings. The van der Waals surface area contributed by atoms with Crippen LogP contribution in [-0.4, -0.2) is 54.6 Å². The number of hydrogen-bond donors (Lipinski definition) is 1. The molecular formula is C27H30N4O2. The lowest BCUT2D eigenvalue weighted by atomic mass is 10.0. The van der Waals surface area contributed by atoms with Gasteiger partial charge < -0.3 is 15.0 Å². The maximum Gasteiger partial charge on any atom is 0.154 e. The highest BCUT2D eigenvalue weighted by Crippen LogP contribution is 2.21. The summed E-state index contributed by atoms with van der Waals surface area (Å²) >= 11 is 0. The summed E-state index contributed by atoms with van der Waals surface area (Å²) in [5.74, 6) is 1.09. The second kappa shape index (κ2) is 10.2. The van der Waals surface area contributed by atoms with Gasteiger partial charge in [-0.2, -0.15) is 0 Å². The van der Waals surface area contributed by atoms with Gasteiger partial charge in [-0.3, -0.25) is 4.79 Å². The predicted molar refractivity (Wildman–Crippen MR) is 129 cm³/mol. The number of carbonyl (C=O) groups is 1. The Hall–Kier alpha value is -3.09. The molecule has 0 spiro atoms. The molecule has 0 bridgehead atoms. The molecule has 170 valence electrons. The number of nitrogens with one attached hydrogen (secondary N) is 1. The zero-order valence-electron chi connectivity index (χ0n) is 18.9. The first-order valence-electron chi connectivity index (χ1n) is 11.8. The van der Waals surface area contributed by atoms with Crippen LogP contribution in [0.4, 0.5) is 5.69 Å². The lowest BCUT2D eigenvalue weighted by Gasteiger charge is -2.28. The van der Waals surface area contributed by atoms with Crippen LogP contribution in [-0.2, 0) is 22.4 Å². The van der Waals surface area contributed by atoms with E-state index in [2.05, 4.69) is 39.5 Å². The van der Waals surface area contributed by atoms with Crippen molar-refractivity contribution in [2.24, 2.45) is 0 Å². The summed E-state index contributed by atoms with van der Waals surface area (Å²) in [6.45, 7) is 4.40. The summed E-state index contributed by atoms with van der Waals surface area (Å²) < 4.78 is 5.44. The van der Waals surface area contributed by atoms with E-state index in [1.165, 1.54) is 11.3 Å². The Balaban J connectivity index is 1.23. The summed E-state index contributed by atoms with van der Waals surface area (Å²) in [6.07, 6.45) is 5.04. The van der Waals surface area contributed by atoms with Gasteiger partial charge in [-0.1, -0.05) is 36.4 Å². The first kappa shape index (κ1) is 21.7. The standard InChI is InChI=1S/C27H30N4O2/c32-26(25-2-1-12-28-25)18-20-3-7-22(8-4-20)24-11-13-29-27(30-24)19-21-5-9-23(10-6-21)31-14-16-33-17-15-31/h3-11,13,25,28H,1-2,12,14-19H2. The predicted octanol–water partition coefficient (Wildman–Crippen LogP) is 3.43. The van der Waals surface area contributed by atoms with Crippen molar-refractivity contribution in [3.05, 3.63) is 77.7 Å². The number of ketones is 1. The van der Waals surface area contributed by atoms with E-state index in [4.69, 9.17) is 9.72 Å². The van der Waals surface area contributed by atoms with Crippen molar-refractivity contribution >= 4 is 11.5 Å². The van der Waals surface area contributed by atoms with Gasteiger partial charge in [0, 0.05) is 43.4 Å². The van der Waals surface area contributed by atoms with Gasteiger partial charge >= 0.3 is 0 Å². The fourth-order valence-corrected chi connectivity index (χ4v) is 4.55. The van der Waals surface area contributed by atoms with Crippen molar-refractivity contribution in [3.63, 3.8) is 0 Å². The minimum Gasteiger partial charge on any atom is -0.378 e. The molecule has 3 heterocycles. The molecule has 0 saturated carbocycles. The van der Waals surface area contributed by atoms with E-state index in [0.717, 1.165) is 68.3 Å². The first-order valence-corrected chi connectivity index (χ1v) is 11.8. The first-order chi connectivity index (χ1) is 16.2. The van der Waals surface area contributed by atoms with E-state index < -0.39 is 0 Å². The lowest BCUT2D eigenvalue weighted by molar-refractivity contribution is -0.120. The zero-order chi connectivity index (χ0) is 22.5. The summed E-state index contributed by atoms with van der Waals surface area (Å²) in [6, 6.07) is 18.8. The van der Waals surface area contributed by atoms with Gasteiger partial charge in [0.1, 0.15) is 5.82 Å². The van der Waals surface area contributed by atoms with Crippen LogP contribution in [0.3, 0.4) is 0 Å². The van der Waals surface area contributed by atoms with Crippen LogP contribution in [0.5, 0.6) is 0 Å². The van der Waals surface area contributed by atoms with Gasteiger partial charge in [-0.15, -0.1) is 0 Å². The van der Waals surface area contributed by atoms with E-state index in [1.54, 1.807) is 0 Å². The highest BCUT2D eigenvalue weighted by atomic mass is 16.5. The van der Waals surface area contributed by atoms with E-state index in [0.29, 0.717) is 12.8 Å². The Morgan fingerprint density at radius 3 is 2.48 bits per heavy atom. The third kappa shape index (κ3) is 5.46. The number of ether oxygens (including phenoxy) is 1. The lowest BCUT2D eigenvalue weighted by Crippen LogP contribution is -2.36. The van der Waals surface area contributed by atoms with Crippen molar-refractivity contribution in [3.8, 4) is 11.3 Å². The minimum atomic E-state index is 0.0250. The molecule has 6 nitrogen and oxygen atoms in total. The number of benzene rings is 2. The fourth-order valence-electron chi connectivity index (χ4n) is 4.55. The van der Waals surface area contributed by atoms with Crippen molar-refractivity contribution < 1.29 is 9.53 Å². The van der Waals surface area contributed by atoms with Gasteiger partial charge in [0.2, 0.25) is 0 Å². The molecule has 1 atom stereocenters. The molecule has 0 amide bonds. The van der Waals surface area contributed by atoms with Crippen LogP contribution >= 0.6 is 0 Å². The normalized spacial score (nSPS) is 18.4. The smallest absolute Gasteiger partial charge is 0.154 e. The molecule has 0 radical (unpaired) electrons. The molecule has 2 saturated heterocycles. The zero-order valence-corrected chi connectivity index (χ0v) is 18.9. The largest absolute Gasteiger partial charge is 0.378 e. The molecule has 1 unspecified atom stereocenters. The number of rotatable bonds is 7. The summed E-state index contributed by atoms with van der Waals surface area (Å²) in [5, 5.41) is 3.29. The second-order valence-electron chi connectivity index (χ2n) is 8.79. The van der Waals surface area contributed by atoms with E-state index in [1.807, 2.05) is 36.5 Å². The van der Waals surface area contributed by atoms with Crippen LogP contribution in [0.2, 0.25) is 0 Å². The van der Waals surface area contributed by atoms with Gasteiger partial charge in [0.15, 0.2) is 5.78 Å². The number of aromatic nitrogens is 2. The summed E-state index contributed by atoms with van der Waals surface area (Å²) in [7, 11) is 0. The van der Waals surface area contributed by atoms with Crippen LogP contribution < -0.4 is 10.2 Å². The molecule has 6 heteroatoms. The molecule has 5 rings (SSSR count). The van der Waals surface area contributed by atoms with Crippen LogP contribution in [0.15, 0.2) is 60.8 Å². The third-order valence-corrected chi connectivity index (χ3v) is 6.46. The van der Waals surface area contributed by atoms with E-state index >= 15 is 0 Å². The molecule has 33 heavy (non-hydrogen) atoms. The molecular weight excluding hydrogens is 412 g/mol. The second-order valence-corrected chi connectivity index (χ2v) is 8.79. The highest BCUT2D eigenvalue weighted by molar-refractivity contribution is 5.86. The molecule has 3 aromatic rings. The topological polar surface area (TPSA) is 67.4 Å². The Kier molecular flexibility index (Phi) is 6.74. The molecule has 2 aromatic carbocycles. The fraction of sp³-hybridized carbons (Fsp3) is 0.370. The van der Waals surface area contributed by atoms with Crippen LogP contribution in [0.25, 0.3) is 11.3 Å². The van der Waals surface area contributed by atoms with Gasteiger partial charge in [0.25, 0.3) is 0 Å². The molecule has 1 aromatic heterocycles. The van der Waals surface area contributed by atoms with Gasteiger partial charge in [-0.25, -0.2) is 9.97 Å². The van der Waals surface area contributed by atoms with Crippen molar-refractivity contribution in [1.82, 2.24) is 15.3 Å². The number of carbonyl (C=O) groups excluding carboxylic acids is 1. The quantitative estimate of drug-likeness (QED) is 0.605. The highest BCUT2D eigenvalue weighted by Gasteiger charge is 2.21. The number of Topliss-reactive ketones (excluding diaryl/α,β-unsaturated/α-hetero) is 1. The summed E-state index contributed by atoms with van der Waals surface area (Å²) in [4.78, 5) is 24.0. The van der Waals surface area contributed by atoms with Crippen molar-refractivity contribution in [1.29, 1.82) is 0 Å². The number of nitrogens with zero attached hydrogens (tertiary/aromatic N) is 3. The van der Waals surface area contributed by atoms with Crippen molar-refractivity contribution in [2.45, 2.75) is 31.7 Å². The molecule has 2 aliphatic rings. The number of morpholine rings is 1. The minimum absolute atomic E-state index is 0.0250. The Bertz CT molecular complexity index is 1070. The molecule has 1 N–H and O–H groups in total. The maximum absolute atomic E-state index is 12.4. The van der Waals surface area contributed by atoms with E-state index in [-0.39, 0.29) is 11.8 Å². The third-order valence-electron chi connectivity index (χ3n) is 6.46. The average Bonchev–Trinajstić information content (AvgIpc) is 3.41. The monoisotopic (exact) mass is 442 g/mol. The summed E-state index contributed by atoms with van der Waals surface area (Å²) in [5.41, 5.74) is 5.42. The number of anilines is 1. The Morgan fingerprint density at radius 1 is 1.00 bits per heavy atom. The number of hydrogen-bond acceptors (Lipinski definition) is 6. The van der Waals surface area contributed by atoms with Crippen LogP contribution in [0.1, 0.15) is 29.8 Å². The van der Waals surface area contributed by atoms with Crippen LogP contribution in [0, 0.1) is 0 Å². The Morgan fingerprint density at radius 2 is 1.76 bits per heavy atom. The average molecular weight is 443 g/mol. The van der Waals surface area contributed by atoms with E-state index in [9.17, 15) is 4.79 Å². The van der Waals surface area contributed by atoms with Gasteiger partial charge in [-0.05, 0) is 48.7 Å². The van der Waals surface area contributed by atoms with Gasteiger partial charge in [0.05, 0.1) is 24.9 Å². The molecule has 2 aliphatic heterocycles. The maximum atomic E-state index is 12.4.